The van der Waals surface area contributed by atoms with Crippen molar-refractivity contribution in [2.24, 2.45) is 0 Å². The highest BCUT2D eigenvalue weighted by Crippen LogP contribution is 2.28. The molecule has 3 rings (SSSR count). The van der Waals surface area contributed by atoms with Gasteiger partial charge in [0.2, 0.25) is 5.91 Å². The van der Waals surface area contributed by atoms with E-state index in [-0.39, 0.29) is 5.91 Å². The van der Waals surface area contributed by atoms with Gasteiger partial charge in [-0.05, 0) is 22.3 Å². The van der Waals surface area contributed by atoms with Gasteiger partial charge < -0.3 is 5.32 Å². The highest BCUT2D eigenvalue weighted by Gasteiger charge is 2.15. The zero-order valence-corrected chi connectivity index (χ0v) is 9.44. The van der Waals surface area contributed by atoms with E-state index >= 15 is 0 Å². The third kappa shape index (κ3) is 1.82. The molecule has 1 amide bonds. The molecule has 0 radical (unpaired) electrons. The van der Waals surface area contributed by atoms with Crippen molar-refractivity contribution >= 4 is 5.91 Å². The maximum absolute atomic E-state index is 11.7. The highest BCUT2D eigenvalue weighted by atomic mass is 16.1. The number of amides is 1. The summed E-state index contributed by atoms with van der Waals surface area (Å²) in [5.41, 5.74) is 4.67. The van der Waals surface area contributed by atoms with Gasteiger partial charge in [0.15, 0.2) is 0 Å². The van der Waals surface area contributed by atoms with Crippen molar-refractivity contribution in [2.45, 2.75) is 13.0 Å². The molecule has 0 fully saturated rings. The first-order valence-electron chi connectivity index (χ1n) is 5.77. The van der Waals surface area contributed by atoms with Crippen molar-refractivity contribution in [3.8, 4) is 11.1 Å². The minimum absolute atomic E-state index is 0.0898. The molecule has 1 heterocycles. The van der Waals surface area contributed by atoms with Crippen LogP contribution in [0, 0.1) is 0 Å². The summed E-state index contributed by atoms with van der Waals surface area (Å²) >= 11 is 0. The van der Waals surface area contributed by atoms with E-state index in [0.29, 0.717) is 13.0 Å². The molecule has 1 aliphatic heterocycles. The van der Waals surface area contributed by atoms with Crippen LogP contribution in [0.5, 0.6) is 0 Å². The maximum atomic E-state index is 11.7. The molecule has 17 heavy (non-hydrogen) atoms. The number of rotatable bonds is 0. The summed E-state index contributed by atoms with van der Waals surface area (Å²) in [5, 5.41) is 2.94. The molecule has 0 saturated carbocycles. The fraction of sp³-hybridized carbons (Fsp3) is 0.133. The Bertz CT molecular complexity index is 575. The number of hydrogen-bond acceptors (Lipinski definition) is 1. The fourth-order valence-corrected chi connectivity index (χ4v) is 2.30. The van der Waals surface area contributed by atoms with Crippen LogP contribution in [-0.4, -0.2) is 5.91 Å². The molecule has 0 aliphatic carbocycles. The summed E-state index contributed by atoms with van der Waals surface area (Å²) in [6.07, 6.45) is 0.463. The van der Waals surface area contributed by atoms with E-state index in [1.54, 1.807) is 0 Å². The van der Waals surface area contributed by atoms with Gasteiger partial charge in [-0.15, -0.1) is 0 Å². The first kappa shape index (κ1) is 10.1. The Hall–Kier alpha value is -2.09. The molecule has 0 bridgehead atoms. The Balaban J connectivity index is 2.24. The van der Waals surface area contributed by atoms with Gasteiger partial charge in [0.05, 0.1) is 6.42 Å². The summed E-state index contributed by atoms with van der Waals surface area (Å²) in [7, 11) is 0. The maximum Gasteiger partial charge on any atom is 0.224 e. The zero-order valence-electron chi connectivity index (χ0n) is 9.44. The molecule has 0 spiro atoms. The lowest BCUT2D eigenvalue weighted by atomic mass is 9.92. The Morgan fingerprint density at radius 2 is 1.41 bits per heavy atom. The van der Waals surface area contributed by atoms with Crippen LogP contribution >= 0.6 is 0 Å². The minimum atomic E-state index is 0.0898. The van der Waals surface area contributed by atoms with Gasteiger partial charge in [-0.25, -0.2) is 0 Å². The van der Waals surface area contributed by atoms with Gasteiger partial charge in [0.1, 0.15) is 0 Å². The lowest BCUT2D eigenvalue weighted by molar-refractivity contribution is -0.120. The molecule has 1 aliphatic rings. The Morgan fingerprint density at radius 3 is 2.18 bits per heavy atom. The molecule has 0 aromatic heterocycles. The van der Waals surface area contributed by atoms with Crippen molar-refractivity contribution in [1.82, 2.24) is 5.32 Å². The van der Waals surface area contributed by atoms with Crippen LogP contribution in [0.25, 0.3) is 11.1 Å². The molecule has 2 nitrogen and oxygen atoms in total. The van der Waals surface area contributed by atoms with Crippen LogP contribution in [0.1, 0.15) is 11.1 Å². The Labute approximate surface area is 100 Å². The predicted octanol–water partition coefficient (Wildman–Crippen LogP) is 2.53. The Morgan fingerprint density at radius 1 is 0.824 bits per heavy atom. The quantitative estimate of drug-likeness (QED) is 0.730. The van der Waals surface area contributed by atoms with Gasteiger partial charge in [-0.3, -0.25) is 4.79 Å². The van der Waals surface area contributed by atoms with Gasteiger partial charge >= 0.3 is 0 Å². The molecule has 2 aromatic rings. The molecule has 2 heteroatoms. The van der Waals surface area contributed by atoms with Gasteiger partial charge in [-0.2, -0.15) is 0 Å². The van der Waals surface area contributed by atoms with Crippen LogP contribution in [0.3, 0.4) is 0 Å². The highest BCUT2D eigenvalue weighted by molar-refractivity contribution is 5.84. The number of carbonyl (C=O) groups excluding carboxylic acids is 1. The van der Waals surface area contributed by atoms with E-state index in [9.17, 15) is 4.79 Å². The predicted molar refractivity (Wildman–Crippen MR) is 67.4 cm³/mol. The van der Waals surface area contributed by atoms with E-state index in [1.807, 2.05) is 30.3 Å². The first-order chi connectivity index (χ1) is 8.34. The van der Waals surface area contributed by atoms with Crippen LogP contribution in [0.2, 0.25) is 0 Å². The number of hydrogen-bond donors (Lipinski definition) is 1. The smallest absolute Gasteiger partial charge is 0.224 e. The molecular formula is C15H13NO. The Kier molecular flexibility index (Phi) is 2.41. The van der Waals surface area contributed by atoms with Crippen molar-refractivity contribution < 1.29 is 4.79 Å². The monoisotopic (exact) mass is 223 g/mol. The molecule has 0 atom stereocenters. The summed E-state index contributed by atoms with van der Waals surface area (Å²) in [5.74, 6) is 0.0898. The second-order valence-electron chi connectivity index (χ2n) is 4.27. The second-order valence-corrected chi connectivity index (χ2v) is 4.27. The van der Waals surface area contributed by atoms with Gasteiger partial charge in [-0.1, -0.05) is 48.5 Å². The van der Waals surface area contributed by atoms with Crippen molar-refractivity contribution in [2.75, 3.05) is 0 Å². The molecule has 0 saturated heterocycles. The lowest BCUT2D eigenvalue weighted by Crippen LogP contribution is -2.26. The molecule has 2 aromatic carbocycles. The summed E-state index contributed by atoms with van der Waals surface area (Å²) in [6.45, 7) is 0.614. The number of benzene rings is 2. The standard InChI is InChI=1S/C15H13NO/c17-15-9-11-5-1-3-7-13(11)14-8-4-2-6-12(14)10-16-15/h1-8H,9-10H2,(H,16,17). The van der Waals surface area contributed by atoms with E-state index in [4.69, 9.17) is 0 Å². The van der Waals surface area contributed by atoms with E-state index in [2.05, 4.69) is 23.5 Å². The van der Waals surface area contributed by atoms with Crippen LogP contribution in [0.15, 0.2) is 48.5 Å². The van der Waals surface area contributed by atoms with E-state index < -0.39 is 0 Å². The van der Waals surface area contributed by atoms with Crippen molar-refractivity contribution in [1.29, 1.82) is 0 Å². The number of carbonyl (C=O) groups is 1. The molecule has 84 valence electrons. The van der Waals surface area contributed by atoms with Crippen LogP contribution in [-0.2, 0) is 17.8 Å². The summed E-state index contributed by atoms with van der Waals surface area (Å²) < 4.78 is 0. The SMILES string of the molecule is O=C1Cc2ccccc2-c2ccccc2CN1. The number of fused-ring (bicyclic) bond motifs is 3. The summed E-state index contributed by atoms with van der Waals surface area (Å²) in [6, 6.07) is 16.4. The lowest BCUT2D eigenvalue weighted by Gasteiger charge is -2.17. The number of nitrogens with one attached hydrogen (secondary N) is 1. The third-order valence-electron chi connectivity index (χ3n) is 3.15. The third-order valence-corrected chi connectivity index (χ3v) is 3.15. The molecule has 1 N–H and O–H groups in total. The molecular weight excluding hydrogens is 210 g/mol. The van der Waals surface area contributed by atoms with E-state index in [0.717, 1.165) is 5.56 Å². The van der Waals surface area contributed by atoms with E-state index in [1.165, 1.54) is 16.7 Å². The molecule has 0 unspecified atom stereocenters. The normalized spacial score (nSPS) is 14.0. The first-order valence-corrected chi connectivity index (χ1v) is 5.77. The average Bonchev–Trinajstić information content (AvgIpc) is 2.36. The van der Waals surface area contributed by atoms with Crippen molar-refractivity contribution in [3.63, 3.8) is 0 Å². The average molecular weight is 223 g/mol. The minimum Gasteiger partial charge on any atom is -0.352 e. The summed E-state index contributed by atoms with van der Waals surface area (Å²) in [4.78, 5) is 11.7. The van der Waals surface area contributed by atoms with Gasteiger partial charge in [0, 0.05) is 6.54 Å². The topological polar surface area (TPSA) is 29.1 Å². The largest absolute Gasteiger partial charge is 0.352 e. The van der Waals surface area contributed by atoms with Crippen LogP contribution in [0.4, 0.5) is 0 Å². The van der Waals surface area contributed by atoms with Gasteiger partial charge in [0.25, 0.3) is 0 Å². The zero-order chi connectivity index (χ0) is 11.7. The van der Waals surface area contributed by atoms with Crippen LogP contribution < -0.4 is 5.32 Å². The fourth-order valence-electron chi connectivity index (χ4n) is 2.30. The van der Waals surface area contributed by atoms with Crippen molar-refractivity contribution in [3.05, 3.63) is 59.7 Å². The second kappa shape index (κ2) is 4.06.